The van der Waals surface area contributed by atoms with Crippen LogP contribution in [0.4, 0.5) is 5.69 Å². The number of likely N-dealkylation sites (N-methyl/N-ethyl adjacent to an activating group) is 2. The number of anilines is 1. The van der Waals surface area contributed by atoms with Crippen LogP contribution in [-0.2, 0) is 25.8 Å². The molecular weight excluding hydrogens is 442 g/mol. The van der Waals surface area contributed by atoms with Crippen molar-refractivity contribution < 1.29 is 0 Å². The number of piperidine rings is 1. The Morgan fingerprint density at radius 2 is 1.62 bits per heavy atom. The van der Waals surface area contributed by atoms with E-state index in [0.29, 0.717) is 6.54 Å². The van der Waals surface area contributed by atoms with E-state index in [4.69, 9.17) is 16.6 Å². The molecule has 2 aliphatic rings. The number of nitrogens with zero attached hydrogens (tertiary/aromatic N) is 3. The van der Waals surface area contributed by atoms with Crippen molar-refractivity contribution in [2.24, 2.45) is 10.4 Å². The summed E-state index contributed by atoms with van der Waals surface area (Å²) in [5.74, 6) is 1.15. The van der Waals surface area contributed by atoms with Crippen molar-refractivity contribution in [3.63, 3.8) is 0 Å². The summed E-state index contributed by atoms with van der Waals surface area (Å²) in [6.45, 7) is 4.87. The summed E-state index contributed by atoms with van der Waals surface area (Å²) in [5, 5.41) is 8.15. The van der Waals surface area contributed by atoms with Gasteiger partial charge in [-0.2, -0.15) is 0 Å². The lowest BCUT2D eigenvalue weighted by Crippen LogP contribution is -2.48. The number of benzene rings is 2. The first-order valence-corrected chi connectivity index (χ1v) is 12.9. The molecule has 2 aliphatic heterocycles. The minimum Gasteiger partial charge on any atom is -0.343 e. The van der Waals surface area contributed by atoms with Crippen molar-refractivity contribution in [1.82, 2.24) is 15.1 Å². The van der Waals surface area contributed by atoms with E-state index >= 15 is 0 Å². The molecule has 2 heterocycles. The summed E-state index contributed by atoms with van der Waals surface area (Å²) in [6.07, 6.45) is 5.45. The molecule has 34 heavy (non-hydrogen) atoms. The summed E-state index contributed by atoms with van der Waals surface area (Å²) in [5.41, 5.74) is 6.89. The number of amidine groups is 1. The minimum absolute atomic E-state index is 0.0841. The van der Waals surface area contributed by atoms with Crippen LogP contribution in [0.5, 0.6) is 0 Å². The first kappa shape index (κ1) is 25.2. The molecule has 5 nitrogen and oxygen atoms in total. The Hall–Kier alpha value is -1.92. The van der Waals surface area contributed by atoms with Gasteiger partial charge < -0.3 is 20.4 Å². The highest BCUT2D eigenvalue weighted by atomic mass is 35.5. The number of rotatable bonds is 8. The Labute approximate surface area is 210 Å². The molecule has 1 spiro atoms. The lowest BCUT2D eigenvalue weighted by Gasteiger charge is -2.43. The second-order valence-electron chi connectivity index (χ2n) is 10.5. The zero-order valence-electron chi connectivity index (χ0n) is 21.3. The maximum Gasteiger partial charge on any atom is 0.108 e. The quantitative estimate of drug-likeness (QED) is 0.583. The van der Waals surface area contributed by atoms with Crippen molar-refractivity contribution in [1.29, 1.82) is 0 Å². The van der Waals surface area contributed by atoms with Crippen LogP contribution in [0.15, 0.2) is 41.4 Å². The second-order valence-corrected chi connectivity index (χ2v) is 10.9. The lowest BCUT2D eigenvalue weighted by molar-refractivity contribution is 0.293. The lowest BCUT2D eigenvalue weighted by atomic mass is 9.70. The largest absolute Gasteiger partial charge is 0.343 e. The normalized spacial score (nSPS) is 18.5. The molecule has 0 amide bonds. The number of halogens is 1. The molecule has 184 valence electrons. The van der Waals surface area contributed by atoms with Crippen LogP contribution in [-0.4, -0.2) is 70.0 Å². The molecule has 2 aromatic carbocycles. The van der Waals surface area contributed by atoms with Crippen LogP contribution < -0.4 is 10.6 Å². The number of hydrogen-bond acceptors (Lipinski definition) is 4. The van der Waals surface area contributed by atoms with E-state index in [1.807, 2.05) is 18.2 Å². The molecule has 6 heteroatoms. The minimum atomic E-state index is 0.0841. The molecule has 2 aromatic rings. The monoisotopic (exact) mass is 481 g/mol. The van der Waals surface area contributed by atoms with Gasteiger partial charge in [0.1, 0.15) is 5.84 Å². The van der Waals surface area contributed by atoms with Crippen molar-refractivity contribution in [2.75, 3.05) is 59.7 Å². The highest BCUT2D eigenvalue weighted by Crippen LogP contribution is 2.42. The van der Waals surface area contributed by atoms with Gasteiger partial charge in [-0.3, -0.25) is 4.99 Å². The Balaban J connectivity index is 1.67. The molecule has 2 N–H and O–H groups in total. The first-order valence-electron chi connectivity index (χ1n) is 12.6. The first-order chi connectivity index (χ1) is 16.3. The van der Waals surface area contributed by atoms with E-state index in [-0.39, 0.29) is 5.41 Å². The fraction of sp³-hybridized carbons (Fsp3) is 0.536. The molecule has 4 rings (SSSR count). The summed E-state index contributed by atoms with van der Waals surface area (Å²) in [6, 6.07) is 13.0. The smallest absolute Gasteiger partial charge is 0.108 e. The maximum absolute atomic E-state index is 6.23. The zero-order valence-corrected chi connectivity index (χ0v) is 22.0. The SMILES string of the molecule is CN(C)CCc1cc2c(cc1CCN(C)C)NC(=NCc1cccc(Cl)c1)C1(CCNCC1)C2. The fourth-order valence-corrected chi connectivity index (χ4v) is 5.41. The molecule has 0 atom stereocenters. The molecule has 0 aliphatic carbocycles. The molecular formula is C28H40ClN5. The van der Waals surface area contributed by atoms with E-state index in [0.717, 1.165) is 74.7 Å². The van der Waals surface area contributed by atoms with E-state index in [2.05, 4.69) is 66.8 Å². The molecule has 1 fully saturated rings. The maximum atomic E-state index is 6.23. The molecule has 0 unspecified atom stereocenters. The van der Waals surface area contributed by atoms with Crippen molar-refractivity contribution >= 4 is 23.1 Å². The molecule has 0 radical (unpaired) electrons. The van der Waals surface area contributed by atoms with Gasteiger partial charge in [0.2, 0.25) is 0 Å². The van der Waals surface area contributed by atoms with Crippen molar-refractivity contribution in [2.45, 2.75) is 38.6 Å². The van der Waals surface area contributed by atoms with Gasteiger partial charge in [0.25, 0.3) is 0 Å². The van der Waals surface area contributed by atoms with Crippen molar-refractivity contribution in [3.8, 4) is 0 Å². The predicted molar refractivity (Wildman–Crippen MR) is 145 cm³/mol. The third-order valence-corrected chi connectivity index (χ3v) is 7.47. The van der Waals surface area contributed by atoms with E-state index in [9.17, 15) is 0 Å². The third kappa shape index (κ3) is 6.19. The average molecular weight is 482 g/mol. The van der Waals surface area contributed by atoms with Crippen LogP contribution in [0.25, 0.3) is 0 Å². The Kier molecular flexibility index (Phi) is 8.30. The Morgan fingerprint density at radius 1 is 0.941 bits per heavy atom. The average Bonchev–Trinajstić information content (AvgIpc) is 2.80. The van der Waals surface area contributed by atoms with E-state index in [1.165, 1.54) is 22.4 Å². The summed E-state index contributed by atoms with van der Waals surface area (Å²) in [7, 11) is 8.62. The van der Waals surface area contributed by atoms with Gasteiger partial charge >= 0.3 is 0 Å². The predicted octanol–water partition coefficient (Wildman–Crippen LogP) is 4.48. The number of fused-ring (bicyclic) bond motifs is 1. The van der Waals surface area contributed by atoms with Crippen molar-refractivity contribution in [3.05, 3.63) is 63.7 Å². The van der Waals surface area contributed by atoms with Crippen LogP contribution in [0, 0.1) is 5.41 Å². The van der Waals surface area contributed by atoms with Gasteiger partial charge in [-0.25, -0.2) is 0 Å². The standard InChI is InChI=1S/C28H40ClN5/c1-33(2)14-8-22-17-24-19-28(10-12-30-13-11-28)27(31-20-21-6-5-7-25(29)16-21)32-26(24)18-23(22)9-15-34(3)4/h5-7,16-18,30H,8-15,19-20H2,1-4H3,(H,31,32). The van der Waals surface area contributed by atoms with Gasteiger partial charge in [0.15, 0.2) is 0 Å². The molecule has 1 saturated heterocycles. The third-order valence-electron chi connectivity index (χ3n) is 7.24. The van der Waals surface area contributed by atoms with Crippen LogP contribution in [0.3, 0.4) is 0 Å². The zero-order chi connectivity index (χ0) is 24.1. The van der Waals surface area contributed by atoms with Crippen LogP contribution in [0.1, 0.15) is 35.1 Å². The second kappa shape index (κ2) is 11.2. The molecule has 0 aromatic heterocycles. The molecule has 0 saturated carbocycles. The highest BCUT2D eigenvalue weighted by molar-refractivity contribution is 6.30. The van der Waals surface area contributed by atoms with Crippen LogP contribution in [0.2, 0.25) is 5.02 Å². The van der Waals surface area contributed by atoms with Gasteiger partial charge in [-0.05, 0) is 114 Å². The summed E-state index contributed by atoms with van der Waals surface area (Å²) in [4.78, 5) is 9.71. The van der Waals surface area contributed by atoms with Gasteiger partial charge in [-0.1, -0.05) is 29.8 Å². The van der Waals surface area contributed by atoms with E-state index in [1.54, 1.807) is 0 Å². The Morgan fingerprint density at radius 3 is 2.26 bits per heavy atom. The highest BCUT2D eigenvalue weighted by Gasteiger charge is 2.41. The van der Waals surface area contributed by atoms with E-state index < -0.39 is 0 Å². The summed E-state index contributed by atoms with van der Waals surface area (Å²) >= 11 is 6.23. The Bertz CT molecular complexity index is 1010. The van der Waals surface area contributed by atoms with Gasteiger partial charge in [-0.15, -0.1) is 0 Å². The number of hydrogen-bond donors (Lipinski definition) is 2. The number of nitrogens with one attached hydrogen (secondary N) is 2. The fourth-order valence-electron chi connectivity index (χ4n) is 5.20. The topological polar surface area (TPSA) is 42.9 Å². The summed E-state index contributed by atoms with van der Waals surface area (Å²) < 4.78 is 0. The van der Waals surface area contributed by atoms with Gasteiger partial charge in [0.05, 0.1) is 6.54 Å². The van der Waals surface area contributed by atoms with Gasteiger partial charge in [0, 0.05) is 29.2 Å². The number of aliphatic imine (C=N–C) groups is 1. The van der Waals surface area contributed by atoms with Crippen LogP contribution >= 0.6 is 11.6 Å². The molecule has 0 bridgehead atoms.